The van der Waals surface area contributed by atoms with Gasteiger partial charge in [0.1, 0.15) is 5.82 Å². The molecule has 6 heteroatoms. The maximum Gasteiger partial charge on any atom is 0.251 e. The molecule has 1 amide bonds. The molecule has 6 nitrogen and oxygen atoms in total. The minimum absolute atomic E-state index is 0.161. The Morgan fingerprint density at radius 1 is 1.00 bits per heavy atom. The highest BCUT2D eigenvalue weighted by atomic mass is 16.1. The van der Waals surface area contributed by atoms with Crippen molar-refractivity contribution in [1.82, 2.24) is 24.8 Å². The van der Waals surface area contributed by atoms with Crippen LogP contribution in [0.1, 0.15) is 61.2 Å². The highest BCUT2D eigenvalue weighted by molar-refractivity contribution is 5.96. The number of carbonyl (C=O) groups excluding carboxylic acids is 1. The van der Waals surface area contributed by atoms with E-state index < -0.39 is 0 Å². The molecule has 0 bridgehead atoms. The fraction of sp³-hybridized carbons (Fsp3) is 0.259. The summed E-state index contributed by atoms with van der Waals surface area (Å²) >= 11 is 0. The molecule has 0 aliphatic carbocycles. The Labute approximate surface area is 195 Å². The lowest BCUT2D eigenvalue weighted by Crippen LogP contribution is -2.27. The summed E-state index contributed by atoms with van der Waals surface area (Å²) in [5, 5.41) is 3.04. The summed E-state index contributed by atoms with van der Waals surface area (Å²) in [5.74, 6) is 0.784. The van der Waals surface area contributed by atoms with Crippen molar-refractivity contribution in [2.24, 2.45) is 0 Å². The third-order valence-corrected chi connectivity index (χ3v) is 5.25. The highest BCUT2D eigenvalue weighted by Gasteiger charge is 2.16. The predicted molar refractivity (Wildman–Crippen MR) is 132 cm³/mol. The van der Waals surface area contributed by atoms with Gasteiger partial charge in [-0.1, -0.05) is 50.6 Å². The van der Waals surface area contributed by atoms with Crippen molar-refractivity contribution in [3.63, 3.8) is 0 Å². The number of benzene rings is 2. The average Bonchev–Trinajstić information content (AvgIpc) is 3.35. The van der Waals surface area contributed by atoms with Gasteiger partial charge < -0.3 is 9.88 Å². The van der Waals surface area contributed by atoms with E-state index in [-0.39, 0.29) is 11.9 Å². The molecule has 0 aliphatic heterocycles. The Hall–Kier alpha value is -3.80. The van der Waals surface area contributed by atoms with E-state index in [0.29, 0.717) is 11.3 Å². The van der Waals surface area contributed by atoms with Gasteiger partial charge in [0, 0.05) is 42.5 Å². The summed E-state index contributed by atoms with van der Waals surface area (Å²) in [5.41, 5.74) is 5.43. The van der Waals surface area contributed by atoms with Crippen LogP contribution in [0.2, 0.25) is 0 Å². The van der Waals surface area contributed by atoms with Crippen LogP contribution in [0.4, 0.5) is 0 Å². The molecule has 0 fully saturated rings. The molecule has 0 saturated heterocycles. The van der Waals surface area contributed by atoms with Crippen molar-refractivity contribution in [3.05, 3.63) is 96.1 Å². The first-order valence-corrected chi connectivity index (χ1v) is 11.4. The van der Waals surface area contributed by atoms with E-state index in [1.807, 2.05) is 43.7 Å². The predicted octanol–water partition coefficient (Wildman–Crippen LogP) is 5.72. The van der Waals surface area contributed by atoms with E-state index in [2.05, 4.69) is 64.4 Å². The molecule has 2 heterocycles. The Balaban J connectivity index is 0.00000149. The van der Waals surface area contributed by atoms with Gasteiger partial charge >= 0.3 is 0 Å². The number of aryl methyl sites for hydroxylation is 2. The number of imidazole rings is 1. The second-order valence-corrected chi connectivity index (χ2v) is 7.53. The van der Waals surface area contributed by atoms with Gasteiger partial charge in [0.05, 0.1) is 17.9 Å². The molecule has 4 aromatic rings. The first-order valence-electron chi connectivity index (χ1n) is 11.4. The number of rotatable bonds is 6. The molecule has 1 unspecified atom stereocenters. The van der Waals surface area contributed by atoms with Crippen LogP contribution in [0.15, 0.2) is 73.4 Å². The number of nitrogens with one attached hydrogen (secondary N) is 1. The minimum atomic E-state index is -0.257. The highest BCUT2D eigenvalue weighted by Crippen LogP contribution is 2.26. The molecule has 2 aromatic heterocycles. The third-order valence-electron chi connectivity index (χ3n) is 5.25. The van der Waals surface area contributed by atoms with Gasteiger partial charge in [-0.2, -0.15) is 0 Å². The fourth-order valence-electron chi connectivity index (χ4n) is 3.51. The summed E-state index contributed by atoms with van der Waals surface area (Å²) in [6, 6.07) is 14.0. The summed E-state index contributed by atoms with van der Waals surface area (Å²) in [4.78, 5) is 26.0. The zero-order chi connectivity index (χ0) is 23.8. The average molecular weight is 442 g/mol. The maximum absolute atomic E-state index is 13.2. The topological polar surface area (TPSA) is 72.7 Å². The number of nitrogens with zero attached hydrogens (tertiary/aromatic N) is 4. The van der Waals surface area contributed by atoms with Crippen LogP contribution < -0.4 is 5.32 Å². The van der Waals surface area contributed by atoms with E-state index in [0.717, 1.165) is 29.1 Å². The van der Waals surface area contributed by atoms with Gasteiger partial charge in [-0.25, -0.2) is 4.98 Å². The standard InChI is InChI=1S/C25H25N5O.C2H6/c1-4-24-28-11-12-30(24)22-14-20(19-7-5-17(2)6-8-19)13-21(15-22)25(31)29-18(3)23-16-26-9-10-27-23;1-2/h5-16,18H,4H2,1-3H3,(H,29,31);1-2H3. The van der Waals surface area contributed by atoms with Crippen molar-refractivity contribution in [3.8, 4) is 16.8 Å². The Bertz CT molecular complexity index is 1180. The minimum Gasteiger partial charge on any atom is -0.344 e. The largest absolute Gasteiger partial charge is 0.344 e. The zero-order valence-corrected chi connectivity index (χ0v) is 19.9. The van der Waals surface area contributed by atoms with E-state index in [1.54, 1.807) is 24.8 Å². The Kier molecular flexibility index (Phi) is 8.08. The monoisotopic (exact) mass is 441 g/mol. The first kappa shape index (κ1) is 23.9. The van der Waals surface area contributed by atoms with Crippen LogP contribution in [-0.4, -0.2) is 25.4 Å². The van der Waals surface area contributed by atoms with Crippen molar-refractivity contribution in [2.45, 2.75) is 47.1 Å². The van der Waals surface area contributed by atoms with Gasteiger partial charge in [0.15, 0.2) is 0 Å². The van der Waals surface area contributed by atoms with E-state index in [9.17, 15) is 4.79 Å². The van der Waals surface area contributed by atoms with Crippen LogP contribution in [0, 0.1) is 6.92 Å². The van der Waals surface area contributed by atoms with Crippen LogP contribution >= 0.6 is 0 Å². The van der Waals surface area contributed by atoms with Gasteiger partial charge in [0.25, 0.3) is 5.91 Å². The second-order valence-electron chi connectivity index (χ2n) is 7.53. The summed E-state index contributed by atoms with van der Waals surface area (Å²) in [7, 11) is 0. The van der Waals surface area contributed by atoms with Gasteiger partial charge in [-0.15, -0.1) is 0 Å². The number of hydrogen-bond acceptors (Lipinski definition) is 4. The molecular weight excluding hydrogens is 410 g/mol. The Morgan fingerprint density at radius 3 is 2.42 bits per heavy atom. The molecular formula is C27H31N5O. The SMILES string of the molecule is CC.CCc1nccn1-c1cc(C(=O)NC(C)c2cnccn2)cc(-c2ccc(C)cc2)c1. The van der Waals surface area contributed by atoms with Crippen LogP contribution in [0.25, 0.3) is 16.8 Å². The van der Waals surface area contributed by atoms with Crippen molar-refractivity contribution in [2.75, 3.05) is 0 Å². The number of aromatic nitrogens is 4. The molecule has 170 valence electrons. The molecule has 0 saturated carbocycles. The molecule has 1 N–H and O–H groups in total. The normalized spacial score (nSPS) is 11.3. The van der Waals surface area contributed by atoms with E-state index in [4.69, 9.17) is 0 Å². The van der Waals surface area contributed by atoms with Gasteiger partial charge in [-0.05, 0) is 43.2 Å². The second kappa shape index (κ2) is 11.2. The molecule has 0 radical (unpaired) electrons. The molecule has 1 atom stereocenters. The fourth-order valence-corrected chi connectivity index (χ4v) is 3.51. The van der Waals surface area contributed by atoms with Gasteiger partial charge in [0.2, 0.25) is 0 Å². The molecule has 4 rings (SSSR count). The molecule has 0 spiro atoms. The van der Waals surface area contributed by atoms with Crippen molar-refractivity contribution < 1.29 is 4.79 Å². The van der Waals surface area contributed by atoms with Crippen LogP contribution in [-0.2, 0) is 6.42 Å². The third kappa shape index (κ3) is 5.71. The van der Waals surface area contributed by atoms with Crippen molar-refractivity contribution >= 4 is 5.91 Å². The first-order chi connectivity index (χ1) is 16.0. The number of carbonyl (C=O) groups is 1. The summed E-state index contributed by atoms with van der Waals surface area (Å²) < 4.78 is 2.03. The van der Waals surface area contributed by atoms with Crippen molar-refractivity contribution in [1.29, 1.82) is 0 Å². The number of hydrogen-bond donors (Lipinski definition) is 1. The quantitative estimate of drug-likeness (QED) is 0.415. The smallest absolute Gasteiger partial charge is 0.251 e. The van der Waals surface area contributed by atoms with Gasteiger partial charge in [-0.3, -0.25) is 14.8 Å². The maximum atomic E-state index is 13.2. The molecule has 2 aromatic carbocycles. The van der Waals surface area contributed by atoms with E-state index in [1.165, 1.54) is 5.56 Å². The molecule has 33 heavy (non-hydrogen) atoms. The molecule has 0 aliphatic rings. The lowest BCUT2D eigenvalue weighted by molar-refractivity contribution is 0.0939. The Morgan fingerprint density at radius 2 is 1.76 bits per heavy atom. The van der Waals surface area contributed by atoms with E-state index >= 15 is 0 Å². The summed E-state index contributed by atoms with van der Waals surface area (Å²) in [6.07, 6.45) is 9.42. The summed E-state index contributed by atoms with van der Waals surface area (Å²) in [6.45, 7) is 10.0. The van der Waals surface area contributed by atoms with Crippen LogP contribution in [0.5, 0.6) is 0 Å². The lowest BCUT2D eigenvalue weighted by atomic mass is 10.00. The van der Waals surface area contributed by atoms with Crippen LogP contribution in [0.3, 0.4) is 0 Å². The lowest BCUT2D eigenvalue weighted by Gasteiger charge is -2.16. The number of amides is 1. The zero-order valence-electron chi connectivity index (χ0n) is 19.9.